The Labute approximate surface area is 89.1 Å². The van der Waals surface area contributed by atoms with Crippen molar-refractivity contribution in [3.8, 4) is 0 Å². The van der Waals surface area contributed by atoms with E-state index < -0.39 is 0 Å². The Balaban J connectivity index is 1.78. The molecule has 1 aromatic carbocycles. The Hall–Kier alpha value is -0.930. The molecular formula is C12H16FNO. The second-order valence-corrected chi connectivity index (χ2v) is 4.39. The van der Waals surface area contributed by atoms with Gasteiger partial charge >= 0.3 is 0 Å². The Kier molecular flexibility index (Phi) is 3.03. The third kappa shape index (κ3) is 2.76. The summed E-state index contributed by atoms with van der Waals surface area (Å²) >= 11 is 0. The van der Waals surface area contributed by atoms with Gasteiger partial charge in [0.2, 0.25) is 0 Å². The third-order valence-electron chi connectivity index (χ3n) is 3.01. The van der Waals surface area contributed by atoms with Crippen LogP contribution in [0.4, 0.5) is 4.39 Å². The van der Waals surface area contributed by atoms with Crippen molar-refractivity contribution in [1.82, 2.24) is 5.32 Å². The largest absolute Gasteiger partial charge is 0.396 e. The molecule has 0 radical (unpaired) electrons. The number of hydrogen-bond acceptors (Lipinski definition) is 2. The van der Waals surface area contributed by atoms with Gasteiger partial charge in [-0.15, -0.1) is 0 Å². The van der Waals surface area contributed by atoms with Gasteiger partial charge in [0.05, 0.1) is 0 Å². The number of hydrogen-bond donors (Lipinski definition) is 2. The van der Waals surface area contributed by atoms with Crippen LogP contribution in [0.3, 0.4) is 0 Å². The van der Waals surface area contributed by atoms with Gasteiger partial charge in [0.1, 0.15) is 5.82 Å². The Morgan fingerprint density at radius 2 is 2.20 bits per heavy atom. The van der Waals surface area contributed by atoms with Gasteiger partial charge in [0.15, 0.2) is 0 Å². The van der Waals surface area contributed by atoms with Crippen LogP contribution in [0.25, 0.3) is 0 Å². The highest BCUT2D eigenvalue weighted by Crippen LogP contribution is 2.44. The van der Waals surface area contributed by atoms with Gasteiger partial charge < -0.3 is 10.4 Å². The lowest BCUT2D eigenvalue weighted by atomic mass is 10.1. The second kappa shape index (κ2) is 4.29. The van der Waals surface area contributed by atoms with Gasteiger partial charge in [-0.3, -0.25) is 0 Å². The Morgan fingerprint density at radius 3 is 2.80 bits per heavy atom. The van der Waals surface area contributed by atoms with E-state index in [1.54, 1.807) is 6.07 Å². The van der Waals surface area contributed by atoms with Gasteiger partial charge in [-0.2, -0.15) is 0 Å². The SMILES string of the molecule is OCC1(CNCc2cccc(F)c2)CC1. The molecule has 0 atom stereocenters. The molecule has 2 rings (SSSR count). The first-order chi connectivity index (χ1) is 7.24. The standard InChI is InChI=1S/C12H16FNO/c13-11-3-1-2-10(6-11)7-14-8-12(9-15)4-5-12/h1-3,6,14-15H,4-5,7-9H2. The zero-order valence-electron chi connectivity index (χ0n) is 8.67. The minimum atomic E-state index is -0.197. The van der Waals surface area contributed by atoms with Gasteiger partial charge in [-0.05, 0) is 30.5 Å². The minimum Gasteiger partial charge on any atom is -0.396 e. The molecule has 0 spiro atoms. The predicted molar refractivity (Wildman–Crippen MR) is 56.9 cm³/mol. The molecule has 1 aliphatic rings. The fourth-order valence-corrected chi connectivity index (χ4v) is 1.69. The molecular weight excluding hydrogens is 193 g/mol. The third-order valence-corrected chi connectivity index (χ3v) is 3.01. The zero-order chi connectivity index (χ0) is 10.7. The number of halogens is 1. The highest BCUT2D eigenvalue weighted by Gasteiger charge is 2.41. The molecule has 0 aliphatic heterocycles. The van der Waals surface area contributed by atoms with Crippen LogP contribution in [-0.4, -0.2) is 18.3 Å². The lowest BCUT2D eigenvalue weighted by molar-refractivity contribution is 0.207. The number of rotatable bonds is 5. The smallest absolute Gasteiger partial charge is 0.123 e. The molecule has 3 heteroatoms. The summed E-state index contributed by atoms with van der Waals surface area (Å²) in [7, 11) is 0. The van der Waals surface area contributed by atoms with Crippen LogP contribution in [0, 0.1) is 11.2 Å². The van der Waals surface area contributed by atoms with E-state index in [9.17, 15) is 4.39 Å². The molecule has 0 aromatic heterocycles. The topological polar surface area (TPSA) is 32.3 Å². The summed E-state index contributed by atoms with van der Waals surface area (Å²) in [6.07, 6.45) is 2.19. The first-order valence-corrected chi connectivity index (χ1v) is 5.30. The summed E-state index contributed by atoms with van der Waals surface area (Å²) in [6, 6.07) is 6.59. The van der Waals surface area contributed by atoms with Crippen LogP contribution in [0.1, 0.15) is 18.4 Å². The van der Waals surface area contributed by atoms with Crippen molar-refractivity contribution in [1.29, 1.82) is 0 Å². The summed E-state index contributed by atoms with van der Waals surface area (Å²) in [5.41, 5.74) is 1.07. The molecule has 1 aliphatic carbocycles. The molecule has 0 saturated heterocycles. The Bertz CT molecular complexity index is 336. The number of aliphatic hydroxyl groups is 1. The summed E-state index contributed by atoms with van der Waals surface area (Å²) in [5, 5.41) is 12.4. The number of nitrogens with one attached hydrogen (secondary N) is 1. The first kappa shape index (κ1) is 10.6. The van der Waals surface area contributed by atoms with Crippen molar-refractivity contribution < 1.29 is 9.50 Å². The fourth-order valence-electron chi connectivity index (χ4n) is 1.69. The molecule has 1 fully saturated rings. The highest BCUT2D eigenvalue weighted by molar-refractivity contribution is 5.16. The monoisotopic (exact) mass is 209 g/mol. The maximum atomic E-state index is 12.8. The van der Waals surface area contributed by atoms with E-state index in [2.05, 4.69) is 5.32 Å². The molecule has 1 aromatic rings. The van der Waals surface area contributed by atoms with Crippen molar-refractivity contribution in [2.45, 2.75) is 19.4 Å². The second-order valence-electron chi connectivity index (χ2n) is 4.39. The number of benzene rings is 1. The van der Waals surface area contributed by atoms with Gasteiger partial charge in [-0.1, -0.05) is 12.1 Å². The van der Waals surface area contributed by atoms with E-state index in [0.717, 1.165) is 24.9 Å². The van der Waals surface area contributed by atoms with E-state index in [1.165, 1.54) is 12.1 Å². The molecule has 2 nitrogen and oxygen atoms in total. The van der Waals surface area contributed by atoms with Crippen molar-refractivity contribution in [3.05, 3.63) is 35.6 Å². The quantitative estimate of drug-likeness (QED) is 0.773. The minimum absolute atomic E-state index is 0.118. The molecule has 0 bridgehead atoms. The lowest BCUT2D eigenvalue weighted by Crippen LogP contribution is -2.26. The van der Waals surface area contributed by atoms with Crippen LogP contribution < -0.4 is 5.32 Å². The van der Waals surface area contributed by atoms with E-state index in [4.69, 9.17) is 5.11 Å². The molecule has 0 heterocycles. The summed E-state index contributed by atoms with van der Waals surface area (Å²) < 4.78 is 12.8. The molecule has 15 heavy (non-hydrogen) atoms. The van der Waals surface area contributed by atoms with E-state index in [0.29, 0.717) is 6.54 Å². The maximum Gasteiger partial charge on any atom is 0.123 e. The molecule has 0 amide bonds. The molecule has 82 valence electrons. The molecule has 1 saturated carbocycles. The van der Waals surface area contributed by atoms with Crippen molar-refractivity contribution in [2.75, 3.05) is 13.2 Å². The number of aliphatic hydroxyl groups excluding tert-OH is 1. The van der Waals surface area contributed by atoms with Crippen LogP contribution in [-0.2, 0) is 6.54 Å². The molecule has 2 N–H and O–H groups in total. The first-order valence-electron chi connectivity index (χ1n) is 5.30. The molecule has 0 unspecified atom stereocenters. The average molecular weight is 209 g/mol. The van der Waals surface area contributed by atoms with Gasteiger partial charge in [0, 0.05) is 25.1 Å². The maximum absolute atomic E-state index is 12.8. The van der Waals surface area contributed by atoms with Crippen LogP contribution >= 0.6 is 0 Å². The summed E-state index contributed by atoms with van der Waals surface area (Å²) in [4.78, 5) is 0. The highest BCUT2D eigenvalue weighted by atomic mass is 19.1. The van der Waals surface area contributed by atoms with Crippen molar-refractivity contribution in [2.24, 2.45) is 5.41 Å². The zero-order valence-corrected chi connectivity index (χ0v) is 8.67. The fraction of sp³-hybridized carbons (Fsp3) is 0.500. The normalized spacial score (nSPS) is 17.7. The van der Waals surface area contributed by atoms with Gasteiger partial charge in [0.25, 0.3) is 0 Å². The van der Waals surface area contributed by atoms with E-state index in [-0.39, 0.29) is 17.8 Å². The van der Waals surface area contributed by atoms with Crippen molar-refractivity contribution in [3.63, 3.8) is 0 Å². The summed E-state index contributed by atoms with van der Waals surface area (Å²) in [5.74, 6) is -0.197. The average Bonchev–Trinajstić information content (AvgIpc) is 2.99. The lowest BCUT2D eigenvalue weighted by Gasteiger charge is -2.12. The Morgan fingerprint density at radius 1 is 1.40 bits per heavy atom. The van der Waals surface area contributed by atoms with Crippen LogP contribution in [0.5, 0.6) is 0 Å². The van der Waals surface area contributed by atoms with Crippen LogP contribution in [0.15, 0.2) is 24.3 Å². The van der Waals surface area contributed by atoms with E-state index >= 15 is 0 Å². The summed E-state index contributed by atoms with van der Waals surface area (Å²) in [6.45, 7) is 1.74. The van der Waals surface area contributed by atoms with Gasteiger partial charge in [-0.25, -0.2) is 4.39 Å². The predicted octanol–water partition coefficient (Wildman–Crippen LogP) is 1.69. The van der Waals surface area contributed by atoms with Crippen LogP contribution in [0.2, 0.25) is 0 Å². The van der Waals surface area contributed by atoms with Crippen molar-refractivity contribution >= 4 is 0 Å². The van der Waals surface area contributed by atoms with E-state index in [1.807, 2.05) is 6.07 Å².